The van der Waals surface area contributed by atoms with Crippen LogP contribution in [0.3, 0.4) is 0 Å². The van der Waals surface area contributed by atoms with Crippen molar-refractivity contribution in [3.8, 4) is 0 Å². The van der Waals surface area contributed by atoms with E-state index in [1.54, 1.807) is 7.11 Å². The van der Waals surface area contributed by atoms with Crippen molar-refractivity contribution < 1.29 is 19.1 Å². The van der Waals surface area contributed by atoms with Crippen LogP contribution in [-0.4, -0.2) is 78.3 Å². The maximum atomic E-state index is 12.8. The predicted molar refractivity (Wildman–Crippen MR) is 116 cm³/mol. The molecule has 1 fully saturated rings. The molecule has 8 nitrogen and oxygen atoms in total. The number of ether oxygens (including phenoxy) is 2. The molecule has 166 valence electrons. The highest BCUT2D eigenvalue weighted by atomic mass is 32.2. The molecular formula is C20H36N4O4S. The highest BCUT2D eigenvalue weighted by Crippen LogP contribution is 2.25. The Morgan fingerprint density at radius 1 is 1.31 bits per heavy atom. The molecule has 1 atom stereocenters. The second kappa shape index (κ2) is 11.2. The molecule has 2 aliphatic rings. The number of hydrogen-bond donors (Lipinski definition) is 1. The number of hydrogen-bond acceptors (Lipinski definition) is 7. The summed E-state index contributed by atoms with van der Waals surface area (Å²) in [7, 11) is 5.61. The molecule has 1 aliphatic heterocycles. The molecule has 0 saturated heterocycles. The second-order valence-corrected chi connectivity index (χ2v) is 9.59. The summed E-state index contributed by atoms with van der Waals surface area (Å²) in [6.07, 6.45) is 5.17. The number of thioether (sulfide) groups is 1. The summed E-state index contributed by atoms with van der Waals surface area (Å²) in [5, 5.41) is 8.91. The van der Waals surface area contributed by atoms with E-state index in [-0.39, 0.29) is 24.3 Å². The van der Waals surface area contributed by atoms with Gasteiger partial charge in [-0.05, 0) is 47.2 Å². The number of methoxy groups -OCH3 is 1. The number of nitrogens with zero attached hydrogens (tertiary/aromatic N) is 3. The van der Waals surface area contributed by atoms with Crippen molar-refractivity contribution in [3.05, 3.63) is 0 Å². The quantitative estimate of drug-likeness (QED) is 0.608. The molecule has 2 rings (SSSR count). The van der Waals surface area contributed by atoms with Gasteiger partial charge in [-0.2, -0.15) is 5.01 Å². The number of urea groups is 1. The van der Waals surface area contributed by atoms with E-state index in [2.05, 4.69) is 15.3 Å². The zero-order chi connectivity index (χ0) is 21.4. The van der Waals surface area contributed by atoms with Gasteiger partial charge in [-0.1, -0.05) is 31.0 Å². The minimum absolute atomic E-state index is 0.139. The third-order valence-corrected chi connectivity index (χ3v) is 6.14. The average Bonchev–Trinajstić information content (AvgIpc) is 3.11. The van der Waals surface area contributed by atoms with Crippen LogP contribution in [-0.2, 0) is 14.3 Å². The van der Waals surface area contributed by atoms with Crippen LogP contribution in [0.4, 0.5) is 4.79 Å². The highest BCUT2D eigenvalue weighted by molar-refractivity contribution is 8.13. The van der Waals surface area contributed by atoms with Gasteiger partial charge in [-0.25, -0.2) is 4.79 Å². The number of carbonyl (C=O) groups is 2. The first-order valence-electron chi connectivity index (χ1n) is 10.4. The fraction of sp³-hybridized carbons (Fsp3) is 0.850. The lowest BCUT2D eigenvalue weighted by Crippen LogP contribution is -2.48. The Hall–Kier alpha value is -1.32. The molecule has 0 aromatic rings. The molecule has 1 unspecified atom stereocenters. The van der Waals surface area contributed by atoms with Crippen LogP contribution in [0.15, 0.2) is 5.10 Å². The van der Waals surface area contributed by atoms with Crippen molar-refractivity contribution in [2.24, 2.45) is 5.10 Å². The van der Waals surface area contributed by atoms with Crippen molar-refractivity contribution in [1.82, 2.24) is 15.2 Å². The van der Waals surface area contributed by atoms with Gasteiger partial charge in [0.05, 0.1) is 5.60 Å². The summed E-state index contributed by atoms with van der Waals surface area (Å²) >= 11 is 1.42. The van der Waals surface area contributed by atoms with Gasteiger partial charge in [0, 0.05) is 31.9 Å². The number of rotatable bonds is 9. The summed E-state index contributed by atoms with van der Waals surface area (Å²) in [4.78, 5) is 27.8. The molecule has 1 aliphatic carbocycles. The lowest BCUT2D eigenvalue weighted by Gasteiger charge is -2.27. The number of amides is 2. The largest absolute Gasteiger partial charge is 0.438 e. The summed E-state index contributed by atoms with van der Waals surface area (Å²) in [5.74, 6) is 0.600. The van der Waals surface area contributed by atoms with Crippen LogP contribution in [0.1, 0.15) is 58.8 Å². The summed E-state index contributed by atoms with van der Waals surface area (Å²) in [5.41, 5.74) is -0.409. The standard InChI is InChI=1S/C20H36N4O4S/c1-20(2,27-5)12-11-16(25)17-24(18(26)21-15-9-7-6-8-10-15)22-19(28-17)29-14-13-23(3)4/h15,17H,6-14H2,1-5H3,(H,21,26). The van der Waals surface area contributed by atoms with E-state index in [1.807, 2.05) is 27.9 Å². The number of nitrogens with one attached hydrogen (secondary N) is 1. The third-order valence-electron chi connectivity index (χ3n) is 5.33. The Morgan fingerprint density at radius 3 is 2.62 bits per heavy atom. The molecule has 1 N–H and O–H groups in total. The smallest absolute Gasteiger partial charge is 0.341 e. The normalized spacial score (nSPS) is 20.6. The molecule has 0 aromatic heterocycles. The zero-order valence-electron chi connectivity index (χ0n) is 18.4. The monoisotopic (exact) mass is 428 g/mol. The summed E-state index contributed by atoms with van der Waals surface area (Å²) < 4.78 is 11.2. The molecule has 0 radical (unpaired) electrons. The Morgan fingerprint density at radius 2 is 2.00 bits per heavy atom. The lowest BCUT2D eigenvalue weighted by molar-refractivity contribution is -0.132. The topological polar surface area (TPSA) is 83.5 Å². The molecule has 1 saturated carbocycles. The van der Waals surface area contributed by atoms with Crippen LogP contribution in [0.5, 0.6) is 0 Å². The van der Waals surface area contributed by atoms with E-state index in [9.17, 15) is 9.59 Å². The first-order valence-corrected chi connectivity index (χ1v) is 11.4. The zero-order valence-corrected chi connectivity index (χ0v) is 19.2. The van der Waals surface area contributed by atoms with Crippen molar-refractivity contribution in [1.29, 1.82) is 0 Å². The first-order chi connectivity index (χ1) is 13.7. The number of Topliss-reactive ketones (excluding diaryl/α,β-unsaturated/α-hetero) is 1. The maximum absolute atomic E-state index is 12.8. The van der Waals surface area contributed by atoms with E-state index in [0.29, 0.717) is 11.7 Å². The van der Waals surface area contributed by atoms with E-state index in [4.69, 9.17) is 9.47 Å². The SMILES string of the molecule is COC(C)(C)CCC(=O)C1OC(SCCN(C)C)=NN1C(=O)NC1CCCCC1. The second-order valence-electron chi connectivity index (χ2n) is 8.55. The summed E-state index contributed by atoms with van der Waals surface area (Å²) in [6.45, 7) is 4.71. The molecule has 2 amide bonds. The molecular weight excluding hydrogens is 392 g/mol. The average molecular weight is 429 g/mol. The van der Waals surface area contributed by atoms with Crippen molar-refractivity contribution in [3.63, 3.8) is 0 Å². The van der Waals surface area contributed by atoms with Gasteiger partial charge in [-0.15, -0.1) is 5.10 Å². The molecule has 0 spiro atoms. The first kappa shape index (κ1) is 24.0. The van der Waals surface area contributed by atoms with Gasteiger partial charge in [0.25, 0.3) is 11.5 Å². The number of ketones is 1. The minimum atomic E-state index is -1.01. The number of hydrazone groups is 1. The lowest BCUT2D eigenvalue weighted by atomic mass is 9.96. The van der Waals surface area contributed by atoms with Gasteiger partial charge in [-0.3, -0.25) is 4.79 Å². The van der Waals surface area contributed by atoms with E-state index in [1.165, 1.54) is 23.2 Å². The van der Waals surface area contributed by atoms with Gasteiger partial charge in [0.2, 0.25) is 0 Å². The fourth-order valence-corrected chi connectivity index (χ4v) is 4.12. The van der Waals surface area contributed by atoms with Gasteiger partial charge >= 0.3 is 6.03 Å². The Kier molecular flexibility index (Phi) is 9.23. The Balaban J connectivity index is 2.01. The Labute approximate surface area is 178 Å². The van der Waals surface area contributed by atoms with E-state index < -0.39 is 11.8 Å². The minimum Gasteiger partial charge on any atom is -0.438 e. The van der Waals surface area contributed by atoms with Crippen molar-refractivity contribution in [2.45, 2.75) is 76.7 Å². The van der Waals surface area contributed by atoms with Crippen LogP contribution >= 0.6 is 11.8 Å². The molecule has 29 heavy (non-hydrogen) atoms. The maximum Gasteiger partial charge on any atom is 0.341 e. The van der Waals surface area contributed by atoms with Crippen LogP contribution in [0.25, 0.3) is 0 Å². The van der Waals surface area contributed by atoms with Crippen LogP contribution in [0, 0.1) is 0 Å². The molecule has 1 heterocycles. The van der Waals surface area contributed by atoms with Crippen LogP contribution in [0.2, 0.25) is 0 Å². The van der Waals surface area contributed by atoms with Gasteiger partial charge in [0.15, 0.2) is 5.78 Å². The van der Waals surface area contributed by atoms with E-state index >= 15 is 0 Å². The molecule has 0 aromatic carbocycles. The number of carbonyl (C=O) groups excluding carboxylic acids is 2. The van der Waals surface area contributed by atoms with Crippen LogP contribution < -0.4 is 5.32 Å². The van der Waals surface area contributed by atoms with Crippen molar-refractivity contribution in [2.75, 3.05) is 33.5 Å². The predicted octanol–water partition coefficient (Wildman–Crippen LogP) is 3.03. The summed E-state index contributed by atoms with van der Waals surface area (Å²) in [6, 6.07) is -0.218. The van der Waals surface area contributed by atoms with Crippen molar-refractivity contribution >= 4 is 28.8 Å². The molecule has 0 bridgehead atoms. The fourth-order valence-electron chi connectivity index (χ4n) is 3.18. The molecule has 9 heteroatoms. The van der Waals surface area contributed by atoms with Gasteiger partial charge in [0.1, 0.15) is 0 Å². The van der Waals surface area contributed by atoms with E-state index in [0.717, 1.165) is 38.0 Å². The Bertz CT molecular complexity index is 591. The third kappa shape index (κ3) is 7.79. The highest BCUT2D eigenvalue weighted by Gasteiger charge is 2.39. The van der Waals surface area contributed by atoms with Gasteiger partial charge < -0.3 is 19.7 Å².